The Balaban J connectivity index is 3.83. The first kappa shape index (κ1) is 13.4. The minimum Gasteiger partial charge on any atom is -0.464 e. The van der Waals surface area contributed by atoms with E-state index in [-0.39, 0.29) is 5.97 Å². The molecule has 0 bridgehead atoms. The van der Waals surface area contributed by atoms with E-state index in [0.29, 0.717) is 6.61 Å². The van der Waals surface area contributed by atoms with E-state index in [1.165, 1.54) is 0 Å². The molecule has 0 aromatic carbocycles. The van der Waals surface area contributed by atoms with Gasteiger partial charge in [0.05, 0.1) is 6.61 Å². The van der Waals surface area contributed by atoms with Gasteiger partial charge in [-0.15, -0.1) is 0 Å². The zero-order valence-corrected chi connectivity index (χ0v) is 11.3. The molecule has 0 saturated heterocycles. The van der Waals surface area contributed by atoms with Crippen LogP contribution in [0.15, 0.2) is 0 Å². The summed E-state index contributed by atoms with van der Waals surface area (Å²) in [4.78, 5) is 11.3. The lowest BCUT2D eigenvalue weighted by Gasteiger charge is -2.17. The van der Waals surface area contributed by atoms with Crippen molar-refractivity contribution >= 4 is 37.8 Å². The van der Waals surface area contributed by atoms with Gasteiger partial charge in [-0.05, 0) is 13.3 Å². The van der Waals surface area contributed by atoms with Crippen LogP contribution in [0.25, 0.3) is 0 Å². The number of unbranched alkanes of at least 4 members (excludes halogenated alkanes) is 2. The molecule has 0 aliphatic carbocycles. The zero-order chi connectivity index (χ0) is 10.3. The summed E-state index contributed by atoms with van der Waals surface area (Å²) >= 11 is 6.64. The number of carbonyl (C=O) groups is 1. The molecule has 0 saturated carbocycles. The molecule has 0 aromatic heterocycles. The van der Waals surface area contributed by atoms with Crippen molar-refractivity contribution in [2.45, 2.75) is 42.8 Å². The van der Waals surface area contributed by atoms with Crippen LogP contribution in [0.3, 0.4) is 0 Å². The number of ether oxygens (including phenoxy) is 1. The molecule has 0 aliphatic heterocycles. The Bertz CT molecular complexity index is 158. The van der Waals surface area contributed by atoms with Gasteiger partial charge >= 0.3 is 5.97 Å². The van der Waals surface area contributed by atoms with Crippen LogP contribution in [0.5, 0.6) is 0 Å². The summed E-state index contributed by atoms with van der Waals surface area (Å²) in [5, 5.41) is 0. The van der Waals surface area contributed by atoms with Crippen LogP contribution in [0.2, 0.25) is 0 Å². The van der Waals surface area contributed by atoms with Gasteiger partial charge in [0.1, 0.15) is 0 Å². The molecule has 0 aromatic rings. The maximum absolute atomic E-state index is 11.3. The number of carbonyl (C=O) groups excluding carboxylic acids is 1. The number of rotatable bonds is 6. The van der Waals surface area contributed by atoms with Gasteiger partial charge in [-0.2, -0.15) is 0 Å². The average molecular weight is 316 g/mol. The highest BCUT2D eigenvalue weighted by Crippen LogP contribution is 2.33. The quantitative estimate of drug-likeness (QED) is 0.425. The Morgan fingerprint density at radius 3 is 2.38 bits per heavy atom. The minimum atomic E-state index is -0.675. The smallest absolute Gasteiger partial charge is 0.333 e. The van der Waals surface area contributed by atoms with Crippen molar-refractivity contribution in [3.05, 3.63) is 0 Å². The first-order valence-corrected chi connectivity index (χ1v) is 6.18. The predicted octanol–water partition coefficient (Wildman–Crippen LogP) is 3.62. The van der Waals surface area contributed by atoms with Crippen LogP contribution in [-0.4, -0.2) is 15.8 Å². The van der Waals surface area contributed by atoms with Crippen molar-refractivity contribution in [2.75, 3.05) is 6.61 Å². The normalized spacial score (nSPS) is 11.4. The molecule has 0 heterocycles. The summed E-state index contributed by atoms with van der Waals surface area (Å²) in [5.41, 5.74) is 0. The van der Waals surface area contributed by atoms with Gasteiger partial charge in [0.15, 0.2) is 3.23 Å². The molecular weight excluding hydrogens is 300 g/mol. The second kappa shape index (κ2) is 6.82. The van der Waals surface area contributed by atoms with E-state index in [4.69, 9.17) is 4.74 Å². The molecule has 0 rings (SSSR count). The third-order valence-electron chi connectivity index (χ3n) is 1.67. The van der Waals surface area contributed by atoms with Gasteiger partial charge in [-0.3, -0.25) is 0 Å². The molecule has 0 N–H and O–H groups in total. The summed E-state index contributed by atoms with van der Waals surface area (Å²) in [7, 11) is 0. The van der Waals surface area contributed by atoms with Crippen LogP contribution in [0.4, 0.5) is 0 Å². The van der Waals surface area contributed by atoms with E-state index in [9.17, 15) is 4.79 Å². The lowest BCUT2D eigenvalue weighted by molar-refractivity contribution is -0.143. The molecule has 0 atom stereocenters. The second-order valence-electron chi connectivity index (χ2n) is 2.88. The Morgan fingerprint density at radius 1 is 1.31 bits per heavy atom. The van der Waals surface area contributed by atoms with Crippen molar-refractivity contribution in [1.29, 1.82) is 0 Å². The fourth-order valence-electron chi connectivity index (χ4n) is 0.936. The molecule has 0 unspecified atom stereocenters. The molecule has 13 heavy (non-hydrogen) atoms. The summed E-state index contributed by atoms with van der Waals surface area (Å²) in [6.45, 7) is 4.36. The van der Waals surface area contributed by atoms with E-state index in [1.807, 2.05) is 0 Å². The van der Waals surface area contributed by atoms with Gasteiger partial charge in [-0.25, -0.2) is 4.79 Å². The van der Waals surface area contributed by atoms with Crippen molar-refractivity contribution < 1.29 is 9.53 Å². The number of halogens is 2. The molecule has 0 spiro atoms. The highest BCUT2D eigenvalue weighted by molar-refractivity contribution is 9.25. The molecular formula is C9H16Br2O2. The third kappa shape index (κ3) is 5.68. The van der Waals surface area contributed by atoms with E-state index in [1.54, 1.807) is 6.92 Å². The minimum absolute atomic E-state index is 0.230. The Morgan fingerprint density at radius 2 is 1.92 bits per heavy atom. The molecule has 0 radical (unpaired) electrons. The molecule has 0 fully saturated rings. The van der Waals surface area contributed by atoms with E-state index >= 15 is 0 Å². The monoisotopic (exact) mass is 314 g/mol. The van der Waals surface area contributed by atoms with Gasteiger partial charge in [0.2, 0.25) is 0 Å². The Hall–Kier alpha value is 0.430. The fourth-order valence-corrected chi connectivity index (χ4v) is 1.73. The summed E-state index contributed by atoms with van der Waals surface area (Å²) in [6.07, 6.45) is 4.07. The zero-order valence-electron chi connectivity index (χ0n) is 8.11. The molecule has 78 valence electrons. The SMILES string of the molecule is CCCCCC(Br)(Br)C(=O)OCC. The summed E-state index contributed by atoms with van der Waals surface area (Å²) in [5.74, 6) is -0.230. The maximum atomic E-state index is 11.3. The number of hydrogen-bond acceptors (Lipinski definition) is 2. The maximum Gasteiger partial charge on any atom is 0.333 e. The lowest BCUT2D eigenvalue weighted by Crippen LogP contribution is -2.27. The first-order valence-electron chi connectivity index (χ1n) is 4.59. The lowest BCUT2D eigenvalue weighted by atomic mass is 10.1. The number of hydrogen-bond donors (Lipinski definition) is 0. The van der Waals surface area contributed by atoms with Crippen molar-refractivity contribution in [1.82, 2.24) is 0 Å². The Labute approximate surface area is 96.7 Å². The van der Waals surface area contributed by atoms with Gasteiger partial charge in [-0.1, -0.05) is 58.0 Å². The highest BCUT2D eigenvalue weighted by atomic mass is 79.9. The molecule has 4 heteroatoms. The van der Waals surface area contributed by atoms with Crippen LogP contribution in [0, 0.1) is 0 Å². The van der Waals surface area contributed by atoms with Gasteiger partial charge < -0.3 is 4.74 Å². The predicted molar refractivity (Wildman–Crippen MR) is 61.4 cm³/mol. The van der Waals surface area contributed by atoms with Crippen molar-refractivity contribution in [2.24, 2.45) is 0 Å². The van der Waals surface area contributed by atoms with Crippen molar-refractivity contribution in [3.63, 3.8) is 0 Å². The van der Waals surface area contributed by atoms with E-state index < -0.39 is 3.23 Å². The first-order chi connectivity index (χ1) is 6.04. The number of alkyl halides is 2. The van der Waals surface area contributed by atoms with Crippen LogP contribution < -0.4 is 0 Å². The standard InChI is InChI=1S/C9H16Br2O2/c1-3-5-6-7-9(10,11)8(12)13-4-2/h3-7H2,1-2H3. The van der Waals surface area contributed by atoms with Crippen LogP contribution in [0.1, 0.15) is 39.5 Å². The van der Waals surface area contributed by atoms with Crippen LogP contribution >= 0.6 is 31.9 Å². The van der Waals surface area contributed by atoms with E-state index in [2.05, 4.69) is 38.8 Å². The van der Waals surface area contributed by atoms with Crippen molar-refractivity contribution in [3.8, 4) is 0 Å². The largest absolute Gasteiger partial charge is 0.464 e. The van der Waals surface area contributed by atoms with Gasteiger partial charge in [0, 0.05) is 0 Å². The van der Waals surface area contributed by atoms with Crippen LogP contribution in [-0.2, 0) is 9.53 Å². The second-order valence-corrected chi connectivity index (χ2v) is 6.65. The molecule has 0 amide bonds. The molecule has 0 aliphatic rings. The van der Waals surface area contributed by atoms with E-state index in [0.717, 1.165) is 25.7 Å². The fraction of sp³-hybridized carbons (Fsp3) is 0.889. The summed E-state index contributed by atoms with van der Waals surface area (Å²) in [6, 6.07) is 0. The topological polar surface area (TPSA) is 26.3 Å². The highest BCUT2D eigenvalue weighted by Gasteiger charge is 2.32. The Kier molecular flexibility index (Phi) is 7.05. The third-order valence-corrected chi connectivity index (χ3v) is 3.11. The van der Waals surface area contributed by atoms with Gasteiger partial charge in [0.25, 0.3) is 0 Å². The summed E-state index contributed by atoms with van der Waals surface area (Å²) < 4.78 is 4.23. The average Bonchev–Trinajstić information content (AvgIpc) is 2.05. The molecule has 2 nitrogen and oxygen atoms in total. The number of esters is 1.